The van der Waals surface area contributed by atoms with E-state index in [1.165, 1.54) is 6.07 Å². The Labute approximate surface area is 222 Å². The summed E-state index contributed by atoms with van der Waals surface area (Å²) in [6.07, 6.45) is 5.37. The highest BCUT2D eigenvalue weighted by Gasteiger charge is 2.35. The molecule has 3 N–H and O–H groups in total. The number of fused-ring (bicyclic) bond motifs is 1. The van der Waals surface area contributed by atoms with Gasteiger partial charge >= 0.3 is 0 Å². The van der Waals surface area contributed by atoms with E-state index in [2.05, 4.69) is 34.6 Å². The van der Waals surface area contributed by atoms with Crippen LogP contribution >= 0.6 is 0 Å². The molecular formula is C29H36FN5O3. The van der Waals surface area contributed by atoms with Crippen LogP contribution in [0.25, 0.3) is 22.0 Å². The zero-order chi connectivity index (χ0) is 27.1. The normalized spacial score (nSPS) is 23.3. The van der Waals surface area contributed by atoms with E-state index < -0.39 is 0 Å². The lowest BCUT2D eigenvalue weighted by Gasteiger charge is -2.34. The van der Waals surface area contributed by atoms with Crippen LogP contribution in [0.3, 0.4) is 0 Å². The smallest absolute Gasteiger partial charge is 0.228 e. The number of hydrogen-bond acceptors (Lipinski definition) is 5. The maximum Gasteiger partial charge on any atom is 0.228 e. The molecular weight excluding hydrogens is 485 g/mol. The fraction of sp³-hybridized carbons (Fsp3) is 0.517. The quantitative estimate of drug-likeness (QED) is 0.440. The Morgan fingerprint density at radius 3 is 2.58 bits per heavy atom. The molecule has 0 unspecified atom stereocenters. The van der Waals surface area contributed by atoms with Gasteiger partial charge in [-0.25, -0.2) is 9.37 Å². The molecule has 5 rings (SSSR count). The van der Waals surface area contributed by atoms with Crippen molar-refractivity contribution in [2.45, 2.75) is 77.4 Å². The summed E-state index contributed by atoms with van der Waals surface area (Å²) in [4.78, 5) is 30.0. The first-order valence-electron chi connectivity index (χ1n) is 13.5. The van der Waals surface area contributed by atoms with E-state index in [1.807, 2.05) is 20.0 Å². The molecule has 0 aliphatic heterocycles. The number of carbonyl (C=O) groups is 2. The number of carbonyl (C=O) groups excluding carboxylic acids is 2. The van der Waals surface area contributed by atoms with Gasteiger partial charge in [-0.05, 0) is 79.8 Å². The highest BCUT2D eigenvalue weighted by atomic mass is 19.1. The fourth-order valence-corrected chi connectivity index (χ4v) is 5.93. The number of pyridine rings is 1. The van der Waals surface area contributed by atoms with Crippen LogP contribution in [0.15, 0.2) is 24.4 Å². The molecule has 2 aliphatic carbocycles. The summed E-state index contributed by atoms with van der Waals surface area (Å²) in [5.41, 5.74) is 3.70. The Kier molecular flexibility index (Phi) is 7.22. The van der Waals surface area contributed by atoms with Crippen LogP contribution in [-0.2, 0) is 16.6 Å². The van der Waals surface area contributed by atoms with Gasteiger partial charge in [0.05, 0.1) is 6.10 Å². The van der Waals surface area contributed by atoms with Gasteiger partial charge in [0.15, 0.2) is 5.82 Å². The number of hydrogen-bond donors (Lipinski definition) is 3. The first-order valence-corrected chi connectivity index (χ1v) is 13.5. The molecule has 2 atom stereocenters. The monoisotopic (exact) mass is 521 g/mol. The molecule has 9 heteroatoms. The molecule has 0 saturated heterocycles. The number of aryl methyl sites for hydroxylation is 2. The summed E-state index contributed by atoms with van der Waals surface area (Å²) in [6.45, 7) is 6.04. The van der Waals surface area contributed by atoms with Crippen LogP contribution in [0.4, 0.5) is 10.2 Å². The van der Waals surface area contributed by atoms with Gasteiger partial charge in [0.2, 0.25) is 11.8 Å². The number of anilines is 1. The predicted molar refractivity (Wildman–Crippen MR) is 144 cm³/mol. The number of benzene rings is 1. The number of aromatic nitrogens is 3. The molecule has 38 heavy (non-hydrogen) atoms. The number of amides is 2. The maximum absolute atomic E-state index is 15.1. The van der Waals surface area contributed by atoms with E-state index >= 15 is 4.39 Å². The van der Waals surface area contributed by atoms with Gasteiger partial charge in [0.25, 0.3) is 0 Å². The molecule has 202 valence electrons. The largest absolute Gasteiger partial charge is 0.393 e. The Bertz CT molecular complexity index is 1380. The lowest BCUT2D eigenvalue weighted by molar-refractivity contribution is -0.133. The zero-order valence-electron chi connectivity index (χ0n) is 22.4. The van der Waals surface area contributed by atoms with Crippen molar-refractivity contribution in [3.63, 3.8) is 0 Å². The van der Waals surface area contributed by atoms with Crippen LogP contribution in [-0.4, -0.2) is 43.8 Å². The standard InChI is InChI=1S/C29H36FN5O3/c1-15(2)27-23-11-18(12-24(30)26(23)34-35(27)4)22-13-25(31-14-16(22)3)33-28(37)17-6-5-7-20(8-17)32-29(38)19-9-21(36)10-19/h11-15,17,19-21,36H,5-10H2,1-4H3,(H,32,38)(H,31,33,37)/t17-,19?,20+,21?/m0/s1. The van der Waals surface area contributed by atoms with Crippen molar-refractivity contribution in [1.82, 2.24) is 20.1 Å². The summed E-state index contributed by atoms with van der Waals surface area (Å²) in [5.74, 6) is -0.287. The number of aliphatic hydroxyl groups is 1. The number of aliphatic hydroxyl groups excluding tert-OH is 1. The fourth-order valence-electron chi connectivity index (χ4n) is 5.93. The van der Waals surface area contributed by atoms with E-state index in [9.17, 15) is 14.7 Å². The first kappa shape index (κ1) is 26.3. The minimum absolute atomic E-state index is 0.0235. The SMILES string of the molecule is Cc1cnc(NC(=O)[C@H]2CCC[C@@H](NC(=O)C3CC(O)C3)C2)cc1-c1cc(F)c2nn(C)c(C(C)C)c2c1. The van der Waals surface area contributed by atoms with Crippen molar-refractivity contribution in [3.8, 4) is 11.1 Å². The van der Waals surface area contributed by atoms with E-state index in [0.29, 0.717) is 36.2 Å². The Hall–Kier alpha value is -3.33. The van der Waals surface area contributed by atoms with Crippen LogP contribution in [0.2, 0.25) is 0 Å². The van der Waals surface area contributed by atoms with Crippen molar-refractivity contribution in [3.05, 3.63) is 41.5 Å². The Morgan fingerprint density at radius 2 is 1.87 bits per heavy atom. The molecule has 0 spiro atoms. The maximum atomic E-state index is 15.1. The summed E-state index contributed by atoms with van der Waals surface area (Å²) >= 11 is 0. The van der Waals surface area contributed by atoms with Crippen LogP contribution < -0.4 is 10.6 Å². The molecule has 2 aromatic heterocycles. The van der Waals surface area contributed by atoms with E-state index in [1.54, 1.807) is 16.9 Å². The highest BCUT2D eigenvalue weighted by molar-refractivity contribution is 5.93. The van der Waals surface area contributed by atoms with Gasteiger partial charge < -0.3 is 15.7 Å². The highest BCUT2D eigenvalue weighted by Crippen LogP contribution is 2.34. The number of nitrogens with one attached hydrogen (secondary N) is 2. The molecule has 2 heterocycles. The van der Waals surface area contributed by atoms with Gasteiger partial charge in [-0.15, -0.1) is 0 Å². The van der Waals surface area contributed by atoms with Crippen molar-refractivity contribution in [1.29, 1.82) is 0 Å². The number of nitrogens with zero attached hydrogens (tertiary/aromatic N) is 3. The van der Waals surface area contributed by atoms with E-state index in [4.69, 9.17) is 0 Å². The molecule has 0 bridgehead atoms. The lowest BCUT2D eigenvalue weighted by Crippen LogP contribution is -2.47. The average molecular weight is 522 g/mol. The Balaban J connectivity index is 1.32. The van der Waals surface area contributed by atoms with Gasteiger partial charge in [-0.1, -0.05) is 20.3 Å². The van der Waals surface area contributed by atoms with E-state index in [0.717, 1.165) is 41.5 Å². The molecule has 2 amide bonds. The molecule has 3 aromatic rings. The third-order valence-corrected chi connectivity index (χ3v) is 8.03. The predicted octanol–water partition coefficient (Wildman–Crippen LogP) is 4.59. The summed E-state index contributed by atoms with van der Waals surface area (Å²) < 4.78 is 16.8. The van der Waals surface area contributed by atoms with Crippen molar-refractivity contribution >= 4 is 28.5 Å². The number of rotatable bonds is 6. The van der Waals surface area contributed by atoms with Crippen molar-refractivity contribution < 1.29 is 19.1 Å². The van der Waals surface area contributed by atoms with Gasteiger partial charge in [-0.2, -0.15) is 5.10 Å². The molecule has 8 nitrogen and oxygen atoms in total. The van der Waals surface area contributed by atoms with Crippen LogP contribution in [0.5, 0.6) is 0 Å². The molecule has 1 aromatic carbocycles. The summed E-state index contributed by atoms with van der Waals surface area (Å²) in [5, 5.41) is 20.7. The summed E-state index contributed by atoms with van der Waals surface area (Å²) in [6, 6.07) is 5.20. The summed E-state index contributed by atoms with van der Waals surface area (Å²) in [7, 11) is 1.83. The topological polar surface area (TPSA) is 109 Å². The third kappa shape index (κ3) is 5.16. The van der Waals surface area contributed by atoms with E-state index in [-0.39, 0.29) is 47.5 Å². The third-order valence-electron chi connectivity index (χ3n) is 8.03. The average Bonchev–Trinajstić information content (AvgIpc) is 3.20. The van der Waals surface area contributed by atoms with Crippen LogP contribution in [0, 0.1) is 24.6 Å². The van der Waals surface area contributed by atoms with Crippen molar-refractivity contribution in [2.24, 2.45) is 18.9 Å². The molecule has 2 fully saturated rings. The lowest BCUT2D eigenvalue weighted by atomic mass is 9.80. The van der Waals surface area contributed by atoms with Crippen molar-refractivity contribution in [2.75, 3.05) is 5.32 Å². The first-order chi connectivity index (χ1) is 18.1. The Morgan fingerprint density at radius 1 is 1.11 bits per heavy atom. The van der Waals surface area contributed by atoms with Crippen LogP contribution in [0.1, 0.15) is 69.5 Å². The second-order valence-corrected chi connectivity index (χ2v) is 11.3. The molecule has 2 aliphatic rings. The van der Waals surface area contributed by atoms with Gasteiger partial charge in [-0.3, -0.25) is 14.3 Å². The molecule has 0 radical (unpaired) electrons. The second kappa shape index (κ2) is 10.4. The second-order valence-electron chi connectivity index (χ2n) is 11.3. The zero-order valence-corrected chi connectivity index (χ0v) is 22.4. The van der Waals surface area contributed by atoms with Gasteiger partial charge in [0, 0.05) is 42.2 Å². The minimum atomic E-state index is -0.381. The minimum Gasteiger partial charge on any atom is -0.393 e. The van der Waals surface area contributed by atoms with Gasteiger partial charge in [0.1, 0.15) is 11.3 Å². The molecule has 2 saturated carbocycles. The number of halogens is 1.